The molecule has 1 saturated carbocycles. The molecule has 2 N–H and O–H groups in total. The molecular formula is C6H8F3NO4S. The number of carboxylic acids is 1. The van der Waals surface area contributed by atoms with Crippen LogP contribution in [0.2, 0.25) is 0 Å². The fourth-order valence-electron chi connectivity index (χ4n) is 0.932. The highest BCUT2D eigenvalue weighted by atomic mass is 32.2. The number of rotatable bonds is 4. The van der Waals surface area contributed by atoms with Gasteiger partial charge in [0, 0.05) is 6.54 Å². The van der Waals surface area contributed by atoms with E-state index in [0.29, 0.717) is 0 Å². The summed E-state index contributed by atoms with van der Waals surface area (Å²) in [5, 5.41) is 8.59. The van der Waals surface area contributed by atoms with Gasteiger partial charge in [0.15, 0.2) is 0 Å². The minimum absolute atomic E-state index is 0.183. The van der Waals surface area contributed by atoms with Gasteiger partial charge in [0.2, 0.25) is 0 Å². The molecule has 0 radical (unpaired) electrons. The molecule has 0 aliphatic heterocycles. The zero-order valence-corrected chi connectivity index (χ0v) is 8.15. The maximum absolute atomic E-state index is 11.8. The van der Waals surface area contributed by atoms with Crippen molar-refractivity contribution < 1.29 is 31.5 Å². The Hall–Kier alpha value is -0.830. The summed E-state index contributed by atoms with van der Waals surface area (Å²) < 4.78 is 57.8. The van der Waals surface area contributed by atoms with Crippen LogP contribution in [-0.4, -0.2) is 31.5 Å². The highest BCUT2D eigenvalue weighted by Crippen LogP contribution is 2.45. The molecule has 0 atom stereocenters. The van der Waals surface area contributed by atoms with E-state index < -0.39 is 33.5 Å². The van der Waals surface area contributed by atoms with Crippen LogP contribution < -0.4 is 4.72 Å². The standard InChI is InChI=1S/C6H8F3NO4S/c7-6(8,9)15(13,14)10-3-5(1-2-5)4(11)12/h10H,1-3H2,(H,11,12). The number of aliphatic carboxylic acids is 1. The van der Waals surface area contributed by atoms with Gasteiger partial charge in [-0.1, -0.05) is 0 Å². The fraction of sp³-hybridized carbons (Fsp3) is 0.833. The van der Waals surface area contributed by atoms with Crippen molar-refractivity contribution in [2.24, 2.45) is 5.41 Å². The number of halogens is 3. The molecule has 1 aliphatic rings. The van der Waals surface area contributed by atoms with Crippen molar-refractivity contribution in [3.63, 3.8) is 0 Å². The van der Waals surface area contributed by atoms with Gasteiger partial charge in [-0.2, -0.15) is 13.2 Å². The Bertz CT molecular complexity index is 370. The largest absolute Gasteiger partial charge is 0.511 e. The predicted octanol–water partition coefficient (Wildman–Crippen LogP) is 0.290. The van der Waals surface area contributed by atoms with Gasteiger partial charge in [0.1, 0.15) is 0 Å². The first kappa shape index (κ1) is 12.2. The summed E-state index contributed by atoms with van der Waals surface area (Å²) in [4.78, 5) is 10.5. The Kier molecular flexibility index (Phi) is 2.72. The quantitative estimate of drug-likeness (QED) is 0.748. The molecule has 0 bridgehead atoms. The van der Waals surface area contributed by atoms with Crippen molar-refractivity contribution in [2.45, 2.75) is 18.3 Å². The summed E-state index contributed by atoms with van der Waals surface area (Å²) >= 11 is 0. The molecule has 0 aromatic rings. The van der Waals surface area contributed by atoms with E-state index in [0.717, 1.165) is 0 Å². The molecule has 0 amide bonds. The van der Waals surface area contributed by atoms with Crippen molar-refractivity contribution in [3.8, 4) is 0 Å². The Morgan fingerprint density at radius 1 is 1.40 bits per heavy atom. The first-order valence-corrected chi connectivity index (χ1v) is 5.38. The van der Waals surface area contributed by atoms with Crippen molar-refractivity contribution in [2.75, 3.05) is 6.54 Å². The van der Waals surface area contributed by atoms with E-state index in [1.807, 2.05) is 0 Å². The van der Waals surface area contributed by atoms with Gasteiger partial charge in [0.25, 0.3) is 0 Å². The van der Waals surface area contributed by atoms with Gasteiger partial charge in [-0.05, 0) is 12.8 Å². The van der Waals surface area contributed by atoms with E-state index in [-0.39, 0.29) is 12.8 Å². The van der Waals surface area contributed by atoms with Crippen LogP contribution in [0.3, 0.4) is 0 Å². The highest BCUT2D eigenvalue weighted by molar-refractivity contribution is 7.90. The maximum Gasteiger partial charge on any atom is 0.511 e. The van der Waals surface area contributed by atoms with E-state index in [1.54, 1.807) is 0 Å². The number of nitrogens with one attached hydrogen (secondary N) is 1. The average Bonchev–Trinajstić information content (AvgIpc) is 2.79. The number of alkyl halides is 3. The Morgan fingerprint density at radius 3 is 2.13 bits per heavy atom. The van der Waals surface area contributed by atoms with Crippen LogP contribution in [0.5, 0.6) is 0 Å². The smallest absolute Gasteiger partial charge is 0.481 e. The van der Waals surface area contributed by atoms with Crippen molar-refractivity contribution in [1.82, 2.24) is 4.72 Å². The van der Waals surface area contributed by atoms with Crippen LogP contribution in [0.15, 0.2) is 0 Å². The minimum atomic E-state index is -5.44. The summed E-state index contributed by atoms with van der Waals surface area (Å²) in [5.41, 5.74) is -6.75. The highest BCUT2D eigenvalue weighted by Gasteiger charge is 2.53. The molecule has 15 heavy (non-hydrogen) atoms. The molecule has 0 unspecified atom stereocenters. The molecule has 5 nitrogen and oxygen atoms in total. The van der Waals surface area contributed by atoms with Crippen LogP contribution in [0.4, 0.5) is 13.2 Å². The molecule has 1 aliphatic carbocycles. The van der Waals surface area contributed by atoms with Crippen LogP contribution in [-0.2, 0) is 14.8 Å². The van der Waals surface area contributed by atoms with E-state index >= 15 is 0 Å². The number of carboxylic acid groups (broad SMARTS) is 1. The molecule has 0 aromatic heterocycles. The predicted molar refractivity (Wildman–Crippen MR) is 42.3 cm³/mol. The molecule has 88 valence electrons. The number of carbonyl (C=O) groups is 1. The summed E-state index contributed by atoms with van der Waals surface area (Å²) in [6.45, 7) is -0.718. The molecule has 0 saturated heterocycles. The molecule has 0 heterocycles. The third kappa shape index (κ3) is 2.40. The van der Waals surface area contributed by atoms with Gasteiger partial charge in [-0.25, -0.2) is 13.1 Å². The van der Waals surface area contributed by atoms with Crippen LogP contribution in [0.1, 0.15) is 12.8 Å². The lowest BCUT2D eigenvalue weighted by atomic mass is 10.1. The summed E-state index contributed by atoms with van der Waals surface area (Å²) in [6.07, 6.45) is 0.366. The molecule has 1 fully saturated rings. The zero-order valence-electron chi connectivity index (χ0n) is 7.34. The lowest BCUT2D eigenvalue weighted by molar-refractivity contribution is -0.143. The van der Waals surface area contributed by atoms with Crippen molar-refractivity contribution in [3.05, 3.63) is 0 Å². The van der Waals surface area contributed by atoms with Crippen LogP contribution >= 0.6 is 0 Å². The maximum atomic E-state index is 11.8. The van der Waals surface area contributed by atoms with Gasteiger partial charge in [-0.3, -0.25) is 4.79 Å². The molecular weight excluding hydrogens is 239 g/mol. The Labute approximate surface area is 83.3 Å². The van der Waals surface area contributed by atoms with E-state index in [9.17, 15) is 26.4 Å². The Morgan fingerprint density at radius 2 is 1.87 bits per heavy atom. The normalized spacial score (nSPS) is 19.9. The Balaban J connectivity index is 2.63. The van der Waals surface area contributed by atoms with Gasteiger partial charge >= 0.3 is 21.5 Å². The number of sulfonamides is 1. The average molecular weight is 247 g/mol. The summed E-state index contributed by atoms with van der Waals surface area (Å²) in [5.74, 6) is -1.28. The lowest BCUT2D eigenvalue weighted by Crippen LogP contribution is -2.41. The van der Waals surface area contributed by atoms with Crippen LogP contribution in [0.25, 0.3) is 0 Å². The fourth-order valence-corrected chi connectivity index (χ4v) is 1.56. The van der Waals surface area contributed by atoms with E-state index in [2.05, 4.69) is 0 Å². The van der Waals surface area contributed by atoms with Gasteiger partial charge < -0.3 is 5.11 Å². The second-order valence-electron chi connectivity index (χ2n) is 3.36. The monoisotopic (exact) mass is 247 g/mol. The van der Waals surface area contributed by atoms with Crippen molar-refractivity contribution >= 4 is 16.0 Å². The topological polar surface area (TPSA) is 83.5 Å². The number of hydrogen-bond donors (Lipinski definition) is 2. The third-order valence-electron chi connectivity index (χ3n) is 2.21. The lowest BCUT2D eigenvalue weighted by Gasteiger charge is -2.12. The first-order valence-electron chi connectivity index (χ1n) is 3.90. The first-order chi connectivity index (χ1) is 6.61. The number of hydrogen-bond acceptors (Lipinski definition) is 3. The SMILES string of the molecule is O=C(O)C1(CNS(=O)(=O)C(F)(F)F)CC1. The molecule has 9 heteroatoms. The van der Waals surface area contributed by atoms with Gasteiger partial charge in [-0.15, -0.1) is 0 Å². The molecule has 0 spiro atoms. The zero-order chi connectivity index (χ0) is 11.9. The van der Waals surface area contributed by atoms with Crippen molar-refractivity contribution in [1.29, 1.82) is 0 Å². The van der Waals surface area contributed by atoms with Gasteiger partial charge in [0.05, 0.1) is 5.41 Å². The second kappa shape index (κ2) is 3.34. The second-order valence-corrected chi connectivity index (χ2v) is 5.11. The van der Waals surface area contributed by atoms with Crippen LogP contribution in [0, 0.1) is 5.41 Å². The molecule has 1 rings (SSSR count). The third-order valence-corrected chi connectivity index (χ3v) is 3.35. The summed E-state index contributed by atoms with van der Waals surface area (Å²) in [6, 6.07) is 0. The minimum Gasteiger partial charge on any atom is -0.481 e. The van der Waals surface area contributed by atoms with E-state index in [1.165, 1.54) is 4.72 Å². The summed E-state index contributed by atoms with van der Waals surface area (Å²) in [7, 11) is -5.44. The molecule has 0 aromatic carbocycles. The van der Waals surface area contributed by atoms with E-state index in [4.69, 9.17) is 5.11 Å².